The van der Waals surface area contributed by atoms with Crippen LogP contribution in [-0.4, -0.2) is 36.8 Å². The molecule has 1 saturated heterocycles. The standard InChI is InChI=1S/C22H21F3INO7S/c1-15-5-9-17(10-6-15)26(34-35(31,32)22(23,24)25)18-11-7-16(8-12-18)3-2-4-21(30)33-27-19(28)13-14-20(27)29/h5-12H,2-4,13-14H2,1H3. The van der Waals surface area contributed by atoms with Crippen molar-refractivity contribution in [1.82, 2.24) is 5.06 Å². The van der Waals surface area contributed by atoms with Crippen LogP contribution in [-0.2, 0) is 38.3 Å². The van der Waals surface area contributed by atoms with E-state index in [4.69, 9.17) is 7.35 Å². The van der Waals surface area contributed by atoms with Crippen LogP contribution in [0.15, 0.2) is 48.5 Å². The third kappa shape index (κ3) is 7.01. The fourth-order valence-corrected chi connectivity index (χ4v) is 9.38. The van der Waals surface area contributed by atoms with Crippen molar-refractivity contribution in [3.63, 3.8) is 0 Å². The van der Waals surface area contributed by atoms with E-state index in [0.717, 1.165) is 11.1 Å². The molecule has 2 amide bonds. The van der Waals surface area contributed by atoms with E-state index in [1.165, 1.54) is 12.1 Å². The van der Waals surface area contributed by atoms with Crippen LogP contribution < -0.4 is 0 Å². The molecule has 3 rings (SSSR count). The zero-order valence-corrected chi connectivity index (χ0v) is 21.4. The zero-order valence-electron chi connectivity index (χ0n) is 18.4. The predicted octanol–water partition coefficient (Wildman–Crippen LogP) is 4.25. The van der Waals surface area contributed by atoms with Gasteiger partial charge in [-0.25, -0.2) is 0 Å². The summed E-state index contributed by atoms with van der Waals surface area (Å²) in [4.78, 5) is 39.7. The molecular formula is C22H21F3INO7S. The second kappa shape index (κ2) is 11.0. The van der Waals surface area contributed by atoms with Gasteiger partial charge in [0.15, 0.2) is 0 Å². The number of imide groups is 1. The van der Waals surface area contributed by atoms with Crippen LogP contribution in [0.2, 0.25) is 0 Å². The van der Waals surface area contributed by atoms with Crippen molar-refractivity contribution in [2.24, 2.45) is 0 Å². The summed E-state index contributed by atoms with van der Waals surface area (Å²) in [6.45, 7) is 1.79. The molecule has 0 aromatic heterocycles. The molecule has 2 aromatic carbocycles. The molecule has 2 aromatic rings. The number of nitrogens with zero attached hydrogens (tertiary/aromatic N) is 1. The molecule has 0 aliphatic carbocycles. The summed E-state index contributed by atoms with van der Waals surface area (Å²) in [5.74, 6) is -1.87. The summed E-state index contributed by atoms with van der Waals surface area (Å²) in [6, 6.07) is 12.7. The van der Waals surface area contributed by atoms with Gasteiger partial charge < -0.3 is 0 Å². The number of hydroxylamine groups is 2. The number of aryl methyl sites for hydroxylation is 2. The summed E-state index contributed by atoms with van der Waals surface area (Å²) in [5.41, 5.74) is -3.93. The molecule has 1 heterocycles. The molecular weight excluding hydrogens is 606 g/mol. The Morgan fingerprint density at radius 3 is 2.00 bits per heavy atom. The Labute approximate surface area is 207 Å². The van der Waals surface area contributed by atoms with Crippen molar-refractivity contribution in [2.75, 3.05) is 0 Å². The summed E-state index contributed by atoms with van der Waals surface area (Å²) in [7, 11) is -5.79. The molecule has 1 fully saturated rings. The van der Waals surface area contributed by atoms with E-state index >= 15 is 0 Å². The van der Waals surface area contributed by atoms with E-state index in [1.807, 2.05) is 0 Å². The molecule has 35 heavy (non-hydrogen) atoms. The summed E-state index contributed by atoms with van der Waals surface area (Å²) in [5, 5.41) is 0.475. The van der Waals surface area contributed by atoms with Crippen LogP contribution in [0.25, 0.3) is 0 Å². The molecule has 0 spiro atoms. The number of alkyl halides is 3. The predicted molar refractivity (Wildman–Crippen MR) is 125 cm³/mol. The van der Waals surface area contributed by atoms with Crippen molar-refractivity contribution in [2.45, 2.75) is 44.5 Å². The number of benzene rings is 2. The average molecular weight is 627 g/mol. The second-order valence-corrected chi connectivity index (χ2v) is 14.0. The monoisotopic (exact) mass is 627 g/mol. The van der Waals surface area contributed by atoms with Crippen LogP contribution in [0.4, 0.5) is 13.2 Å². The molecule has 1 aliphatic rings. The Bertz CT molecular complexity index is 1180. The van der Waals surface area contributed by atoms with Crippen molar-refractivity contribution in [3.05, 3.63) is 66.8 Å². The quantitative estimate of drug-likeness (QED) is 0.233. The third-order valence-corrected chi connectivity index (χ3v) is 11.9. The van der Waals surface area contributed by atoms with Crippen LogP contribution in [0, 0.1) is 14.1 Å². The van der Waals surface area contributed by atoms with Gasteiger partial charge in [0.05, 0.1) is 0 Å². The summed E-state index contributed by atoms with van der Waals surface area (Å²) >= 11 is -3.46. The van der Waals surface area contributed by atoms with E-state index in [0.29, 0.717) is 25.0 Å². The minimum absolute atomic E-state index is 0.000230. The normalized spacial score (nSPS) is 14.9. The van der Waals surface area contributed by atoms with Crippen molar-refractivity contribution < 1.29 is 43.3 Å². The first kappa shape index (κ1) is 27.1. The van der Waals surface area contributed by atoms with Crippen molar-refractivity contribution in [1.29, 1.82) is 0 Å². The maximum absolute atomic E-state index is 13.0. The molecule has 8 nitrogen and oxygen atoms in total. The number of halogens is 4. The van der Waals surface area contributed by atoms with Gasteiger partial charge in [-0.05, 0) is 0 Å². The first-order valence-electron chi connectivity index (χ1n) is 10.3. The van der Waals surface area contributed by atoms with Gasteiger partial charge in [-0.3, -0.25) is 0 Å². The Hall–Kier alpha value is -2.52. The van der Waals surface area contributed by atoms with Crippen LogP contribution in [0.3, 0.4) is 0 Å². The second-order valence-electron chi connectivity index (χ2n) is 7.53. The van der Waals surface area contributed by atoms with Gasteiger partial charge in [0.25, 0.3) is 0 Å². The van der Waals surface area contributed by atoms with E-state index < -0.39 is 53.6 Å². The first-order valence-corrected chi connectivity index (χ1v) is 14.8. The molecule has 0 radical (unpaired) electrons. The summed E-state index contributed by atoms with van der Waals surface area (Å²) < 4.78 is 67.8. The van der Waals surface area contributed by atoms with E-state index in [9.17, 15) is 36.0 Å². The van der Waals surface area contributed by atoms with E-state index in [2.05, 4.69) is 0 Å². The number of amides is 2. The Morgan fingerprint density at radius 1 is 0.971 bits per heavy atom. The fraction of sp³-hybridized carbons (Fsp3) is 0.318. The van der Waals surface area contributed by atoms with Crippen molar-refractivity contribution >= 4 is 48.1 Å². The first-order chi connectivity index (χ1) is 16.4. The molecule has 0 unspecified atom stereocenters. The Kier molecular flexibility index (Phi) is 8.54. The van der Waals surface area contributed by atoms with E-state index in [-0.39, 0.29) is 19.3 Å². The van der Waals surface area contributed by atoms with Gasteiger partial charge in [-0.1, -0.05) is 0 Å². The van der Waals surface area contributed by atoms with Gasteiger partial charge in [0.1, 0.15) is 0 Å². The minimum atomic E-state index is -5.79. The van der Waals surface area contributed by atoms with Gasteiger partial charge in [0, 0.05) is 0 Å². The average Bonchev–Trinajstić information content (AvgIpc) is 3.10. The number of hydrogen-bond donors (Lipinski definition) is 0. The van der Waals surface area contributed by atoms with Gasteiger partial charge in [-0.15, -0.1) is 0 Å². The number of hydrogen-bond acceptors (Lipinski definition) is 7. The van der Waals surface area contributed by atoms with Crippen LogP contribution >= 0.6 is 20.2 Å². The SMILES string of the molecule is Cc1ccc(I(OS(=O)(=O)C(F)(F)F)c2ccc(CCCC(=O)ON3C(=O)CCC3=O)cc2)cc1. The Balaban J connectivity index is 1.66. The molecule has 0 atom stereocenters. The number of rotatable bonds is 9. The fourth-order valence-electron chi connectivity index (χ4n) is 2.97. The van der Waals surface area contributed by atoms with Crippen molar-refractivity contribution in [3.8, 4) is 0 Å². The Morgan fingerprint density at radius 2 is 1.49 bits per heavy atom. The molecule has 1 aliphatic heterocycles. The molecule has 13 heteroatoms. The topological polar surface area (TPSA) is 107 Å². The summed E-state index contributed by atoms with van der Waals surface area (Å²) in [6.07, 6.45) is 0.665. The van der Waals surface area contributed by atoms with E-state index in [1.54, 1.807) is 43.3 Å². The number of carbonyl (C=O) groups excluding carboxylic acids is 3. The number of carbonyl (C=O) groups is 3. The third-order valence-electron chi connectivity index (χ3n) is 4.80. The van der Waals surface area contributed by atoms with Crippen LogP contribution in [0.1, 0.15) is 36.8 Å². The maximum atomic E-state index is 13.0. The van der Waals surface area contributed by atoms with Crippen LogP contribution in [0.5, 0.6) is 0 Å². The van der Waals surface area contributed by atoms with Gasteiger partial charge >= 0.3 is 208 Å². The molecule has 0 saturated carbocycles. The molecule has 0 N–H and O–H groups in total. The molecule has 0 bridgehead atoms. The van der Waals surface area contributed by atoms with Gasteiger partial charge in [-0.2, -0.15) is 0 Å². The van der Waals surface area contributed by atoms with Gasteiger partial charge in [0.2, 0.25) is 0 Å². The molecule has 190 valence electrons. The zero-order chi connectivity index (χ0) is 25.8.